The van der Waals surface area contributed by atoms with Crippen LogP contribution in [0.4, 0.5) is 0 Å². The summed E-state index contributed by atoms with van der Waals surface area (Å²) in [4.78, 5) is 8.94. The van der Waals surface area contributed by atoms with Gasteiger partial charge in [-0.05, 0) is 53.4 Å². The molecule has 4 nitrogen and oxygen atoms in total. The van der Waals surface area contributed by atoms with Crippen LogP contribution in [0.1, 0.15) is 67.2 Å². The summed E-state index contributed by atoms with van der Waals surface area (Å²) in [6.07, 6.45) is 11.9. The summed E-state index contributed by atoms with van der Waals surface area (Å²) in [5, 5.41) is 0. The fourth-order valence-electron chi connectivity index (χ4n) is 1.56. The maximum atomic E-state index is 8.94. The highest BCUT2D eigenvalue weighted by molar-refractivity contribution is 5.44. The van der Waals surface area contributed by atoms with Crippen molar-refractivity contribution in [2.75, 3.05) is 13.7 Å². The topological polar surface area (TPSA) is 64.3 Å². The van der Waals surface area contributed by atoms with Crippen LogP contribution in [0.15, 0.2) is 34.9 Å². The minimum atomic E-state index is 0.403. The molecule has 0 aliphatic heterocycles. The first-order chi connectivity index (χ1) is 11.0. The molecule has 1 amide bonds. The summed E-state index contributed by atoms with van der Waals surface area (Å²) in [6, 6.07) is 0. The predicted octanol–water partition coefficient (Wildman–Crippen LogP) is 4.68. The quantitative estimate of drug-likeness (QED) is 0.212. The first-order valence-corrected chi connectivity index (χ1v) is 8.31. The van der Waals surface area contributed by atoms with Crippen molar-refractivity contribution in [3.8, 4) is 0 Å². The highest BCUT2D eigenvalue weighted by atomic mass is 16.5. The van der Waals surface area contributed by atoms with Gasteiger partial charge in [-0.15, -0.1) is 0 Å². The summed E-state index contributed by atoms with van der Waals surface area (Å²) in [6.45, 7) is 13.4. The van der Waals surface area contributed by atoms with Crippen LogP contribution in [-0.2, 0) is 9.53 Å². The fraction of sp³-hybridized carbons (Fsp3) is 0.632. The number of allylic oxidation sites excluding steroid dienone is 5. The Labute approximate surface area is 143 Å². The van der Waals surface area contributed by atoms with Crippen molar-refractivity contribution in [3.63, 3.8) is 0 Å². The third-order valence-corrected chi connectivity index (χ3v) is 2.79. The number of amides is 1. The molecule has 0 aromatic rings. The van der Waals surface area contributed by atoms with E-state index in [0.717, 1.165) is 19.4 Å². The molecule has 23 heavy (non-hydrogen) atoms. The minimum absolute atomic E-state index is 0.403. The van der Waals surface area contributed by atoms with E-state index in [1.54, 1.807) is 12.5 Å². The molecule has 0 aromatic heterocycles. The van der Waals surface area contributed by atoms with Crippen LogP contribution in [0.25, 0.3) is 0 Å². The van der Waals surface area contributed by atoms with Gasteiger partial charge in [0.25, 0.3) is 0 Å². The third-order valence-electron chi connectivity index (χ3n) is 2.79. The molecule has 0 aliphatic rings. The lowest BCUT2D eigenvalue weighted by Crippen LogP contribution is -2.18. The first kappa shape index (κ1) is 26.5. The van der Waals surface area contributed by atoms with Gasteiger partial charge in [0.1, 0.15) is 0 Å². The fourth-order valence-corrected chi connectivity index (χ4v) is 1.56. The van der Waals surface area contributed by atoms with Gasteiger partial charge in [-0.2, -0.15) is 0 Å². The van der Waals surface area contributed by atoms with E-state index in [4.69, 9.17) is 9.53 Å². The third kappa shape index (κ3) is 29.3. The van der Waals surface area contributed by atoms with Crippen LogP contribution in [0.2, 0.25) is 0 Å². The molecule has 0 saturated heterocycles. The second-order valence-corrected chi connectivity index (χ2v) is 5.20. The largest absolute Gasteiger partial charge is 0.381 e. The van der Waals surface area contributed by atoms with Gasteiger partial charge in [-0.1, -0.05) is 48.8 Å². The molecule has 3 N–H and O–H groups in total. The van der Waals surface area contributed by atoms with Gasteiger partial charge >= 0.3 is 0 Å². The summed E-state index contributed by atoms with van der Waals surface area (Å²) in [5.41, 5.74) is 6.08. The lowest BCUT2D eigenvalue weighted by molar-refractivity contribution is -0.109. The van der Waals surface area contributed by atoms with Crippen molar-refractivity contribution in [2.24, 2.45) is 5.84 Å². The molecule has 0 rings (SSSR count). The number of hydrogen-bond donors (Lipinski definition) is 2. The van der Waals surface area contributed by atoms with Gasteiger partial charge in [-0.25, -0.2) is 5.84 Å². The van der Waals surface area contributed by atoms with Crippen molar-refractivity contribution in [1.82, 2.24) is 5.43 Å². The number of hydrogen-bond acceptors (Lipinski definition) is 3. The average Bonchev–Trinajstić information content (AvgIpc) is 2.54. The minimum Gasteiger partial charge on any atom is -0.381 e. The van der Waals surface area contributed by atoms with Crippen LogP contribution < -0.4 is 11.3 Å². The molecule has 0 bridgehead atoms. The Morgan fingerprint density at radius 2 is 1.39 bits per heavy atom. The Kier molecular flexibility index (Phi) is 26.4. The molecule has 0 atom stereocenters. The Bertz CT molecular complexity index is 341. The standard InChI is InChI=1S/C16H28O.C2H6.CH4N2O/c1-14(2)8-6-9-15(3)10-7-11-16(4)12-13-17-5;1-2;2-3-1-4/h8,10,12H,6-7,9,11,13H2,1-5H3;1-2H3;1H,2H2,(H,3,4)/b15-10+,16-12+;;. The van der Waals surface area contributed by atoms with E-state index in [1.807, 2.05) is 13.8 Å². The maximum Gasteiger partial charge on any atom is 0.221 e. The van der Waals surface area contributed by atoms with Crippen molar-refractivity contribution in [1.29, 1.82) is 0 Å². The number of carbonyl (C=O) groups excluding carboxylic acids is 1. The van der Waals surface area contributed by atoms with Crippen molar-refractivity contribution in [3.05, 3.63) is 34.9 Å². The van der Waals surface area contributed by atoms with E-state index in [-0.39, 0.29) is 0 Å². The summed E-state index contributed by atoms with van der Waals surface area (Å²) < 4.78 is 5.02. The molecule has 0 radical (unpaired) electrons. The first-order valence-electron chi connectivity index (χ1n) is 8.31. The number of nitrogens with one attached hydrogen (secondary N) is 1. The van der Waals surface area contributed by atoms with Crippen LogP contribution >= 0.6 is 0 Å². The van der Waals surface area contributed by atoms with Crippen LogP contribution in [0.5, 0.6) is 0 Å². The van der Waals surface area contributed by atoms with E-state index < -0.39 is 0 Å². The number of carbonyl (C=O) groups is 1. The maximum absolute atomic E-state index is 8.94. The molecule has 0 aliphatic carbocycles. The smallest absolute Gasteiger partial charge is 0.221 e. The van der Waals surface area contributed by atoms with E-state index in [1.165, 1.54) is 29.6 Å². The number of ether oxygens (including phenoxy) is 1. The van der Waals surface area contributed by atoms with Gasteiger partial charge in [-0.3, -0.25) is 10.2 Å². The van der Waals surface area contributed by atoms with E-state index in [0.29, 0.717) is 6.41 Å². The zero-order chi connectivity index (χ0) is 18.5. The van der Waals surface area contributed by atoms with E-state index >= 15 is 0 Å². The number of nitrogens with two attached hydrogens (primary N) is 1. The molecule has 0 heterocycles. The van der Waals surface area contributed by atoms with Gasteiger partial charge < -0.3 is 4.74 Å². The highest BCUT2D eigenvalue weighted by Crippen LogP contribution is 2.11. The normalized spacial score (nSPS) is 10.6. The second kappa shape index (κ2) is 22.9. The van der Waals surface area contributed by atoms with E-state index in [9.17, 15) is 0 Å². The second-order valence-electron chi connectivity index (χ2n) is 5.20. The lowest BCUT2D eigenvalue weighted by atomic mass is 10.1. The van der Waals surface area contributed by atoms with Crippen molar-refractivity contribution < 1.29 is 9.53 Å². The zero-order valence-corrected chi connectivity index (χ0v) is 16.2. The summed E-state index contributed by atoms with van der Waals surface area (Å²) in [5.74, 6) is 4.41. The molecule has 136 valence electrons. The SMILES string of the molecule is CC.COC/C=C(\C)CC/C=C(\C)CCC=C(C)C.NNC=O. The number of rotatable bonds is 9. The monoisotopic (exact) mass is 326 g/mol. The Morgan fingerprint density at radius 1 is 0.957 bits per heavy atom. The highest BCUT2D eigenvalue weighted by Gasteiger charge is 1.91. The number of hydrazine groups is 1. The molecule has 0 fully saturated rings. The van der Waals surface area contributed by atoms with Crippen LogP contribution in [0, 0.1) is 0 Å². The Balaban J connectivity index is -0.000000574. The average molecular weight is 327 g/mol. The molecule has 0 unspecified atom stereocenters. The van der Waals surface area contributed by atoms with Crippen LogP contribution in [0.3, 0.4) is 0 Å². The molecule has 0 spiro atoms. The van der Waals surface area contributed by atoms with Gasteiger partial charge in [0.15, 0.2) is 0 Å². The zero-order valence-electron chi connectivity index (χ0n) is 16.2. The Morgan fingerprint density at radius 3 is 1.78 bits per heavy atom. The van der Waals surface area contributed by atoms with Gasteiger partial charge in [0.2, 0.25) is 6.41 Å². The summed E-state index contributed by atoms with van der Waals surface area (Å²) >= 11 is 0. The molecule has 4 heteroatoms. The van der Waals surface area contributed by atoms with Crippen LogP contribution in [-0.4, -0.2) is 20.1 Å². The summed E-state index contributed by atoms with van der Waals surface area (Å²) in [7, 11) is 1.73. The van der Waals surface area contributed by atoms with Crippen molar-refractivity contribution >= 4 is 6.41 Å². The van der Waals surface area contributed by atoms with Crippen molar-refractivity contribution in [2.45, 2.75) is 67.2 Å². The van der Waals surface area contributed by atoms with Gasteiger partial charge in [0, 0.05) is 7.11 Å². The molecule has 0 saturated carbocycles. The lowest BCUT2D eigenvalue weighted by Gasteiger charge is -2.01. The predicted molar refractivity (Wildman–Crippen MR) is 102 cm³/mol. The van der Waals surface area contributed by atoms with Gasteiger partial charge in [0.05, 0.1) is 6.61 Å². The molecular formula is C19H38N2O2. The number of methoxy groups -OCH3 is 1. The molecule has 0 aromatic carbocycles. The van der Waals surface area contributed by atoms with E-state index in [2.05, 4.69) is 51.8 Å². The Hall–Kier alpha value is -1.39. The molecular weight excluding hydrogens is 288 g/mol.